The highest BCUT2D eigenvalue weighted by molar-refractivity contribution is 7.91. The van der Waals surface area contributed by atoms with Crippen LogP contribution in [0.1, 0.15) is 17.5 Å². The van der Waals surface area contributed by atoms with Gasteiger partial charge in [0.05, 0.1) is 17.1 Å². The monoisotopic (exact) mass is 301 g/mol. The van der Waals surface area contributed by atoms with Crippen LogP contribution < -0.4 is 11.1 Å². The summed E-state index contributed by atoms with van der Waals surface area (Å²) in [4.78, 5) is 0. The van der Waals surface area contributed by atoms with Crippen LogP contribution in [-0.2, 0) is 16.4 Å². The molecule has 1 aliphatic heterocycles. The highest BCUT2D eigenvalue weighted by Crippen LogP contribution is 2.15. The van der Waals surface area contributed by atoms with Crippen molar-refractivity contribution in [2.24, 2.45) is 10.9 Å². The molecule has 0 amide bonds. The first-order valence-electron chi connectivity index (χ1n) is 6.12. The average molecular weight is 301 g/mol. The molecule has 4 N–H and O–H groups in total. The number of amidine groups is 1. The van der Waals surface area contributed by atoms with E-state index in [0.29, 0.717) is 12.0 Å². The largest absolute Gasteiger partial charge is 0.409 e. The van der Waals surface area contributed by atoms with Crippen molar-refractivity contribution >= 4 is 15.7 Å². The Morgan fingerprint density at radius 2 is 2.30 bits per heavy atom. The Balaban J connectivity index is 2.07. The van der Waals surface area contributed by atoms with Crippen LogP contribution in [0.5, 0.6) is 0 Å². The van der Waals surface area contributed by atoms with Gasteiger partial charge in [-0.15, -0.1) is 0 Å². The van der Waals surface area contributed by atoms with Gasteiger partial charge in [-0.05, 0) is 12.5 Å². The smallest absolute Gasteiger partial charge is 0.173 e. The van der Waals surface area contributed by atoms with Gasteiger partial charge in [-0.3, -0.25) is 0 Å². The number of hydrogen-bond acceptors (Lipinski definition) is 5. The SMILES string of the molecule is N/C(=N/O)c1cccc(CNC2CCS(=O)(=O)C2)c1F. The Labute approximate surface area is 116 Å². The van der Waals surface area contributed by atoms with Gasteiger partial charge in [0.25, 0.3) is 0 Å². The summed E-state index contributed by atoms with van der Waals surface area (Å²) in [5, 5.41) is 14.4. The Bertz CT molecular complexity index is 631. The first-order chi connectivity index (χ1) is 9.43. The van der Waals surface area contributed by atoms with Gasteiger partial charge in [0.2, 0.25) is 0 Å². The standard InChI is InChI=1S/C12H16FN3O3S/c13-11-8(2-1-3-10(11)12(14)16-17)6-15-9-4-5-20(18,19)7-9/h1-3,9,15,17H,4-7H2,(H2,14,16). The van der Waals surface area contributed by atoms with Gasteiger partial charge in [-0.1, -0.05) is 17.3 Å². The molecule has 6 nitrogen and oxygen atoms in total. The minimum absolute atomic E-state index is 0.0193. The molecular weight excluding hydrogens is 285 g/mol. The fourth-order valence-corrected chi connectivity index (χ4v) is 3.89. The lowest BCUT2D eigenvalue weighted by Gasteiger charge is -2.12. The maximum atomic E-state index is 14.1. The third-order valence-electron chi connectivity index (χ3n) is 3.28. The molecule has 1 aromatic rings. The van der Waals surface area contributed by atoms with Gasteiger partial charge < -0.3 is 16.3 Å². The third-order valence-corrected chi connectivity index (χ3v) is 5.04. The van der Waals surface area contributed by atoms with E-state index < -0.39 is 15.7 Å². The second-order valence-corrected chi connectivity index (χ2v) is 6.97. The predicted molar refractivity (Wildman–Crippen MR) is 72.8 cm³/mol. The summed E-state index contributed by atoms with van der Waals surface area (Å²) in [7, 11) is -2.96. The molecule has 0 bridgehead atoms. The van der Waals surface area contributed by atoms with Gasteiger partial charge in [-0.2, -0.15) is 0 Å². The summed E-state index contributed by atoms with van der Waals surface area (Å²) < 4.78 is 36.8. The first kappa shape index (κ1) is 14.7. The van der Waals surface area contributed by atoms with Crippen LogP contribution in [0, 0.1) is 5.82 Å². The fraction of sp³-hybridized carbons (Fsp3) is 0.417. The Kier molecular flexibility index (Phi) is 4.24. The normalized spacial score (nSPS) is 22.1. The molecule has 1 unspecified atom stereocenters. The average Bonchev–Trinajstić information content (AvgIpc) is 2.76. The molecule has 0 saturated carbocycles. The lowest BCUT2D eigenvalue weighted by Crippen LogP contribution is -2.30. The van der Waals surface area contributed by atoms with E-state index in [4.69, 9.17) is 10.9 Å². The molecule has 1 aromatic carbocycles. The van der Waals surface area contributed by atoms with E-state index >= 15 is 0 Å². The van der Waals surface area contributed by atoms with Crippen LogP contribution in [0.4, 0.5) is 4.39 Å². The van der Waals surface area contributed by atoms with Crippen molar-refractivity contribution in [2.75, 3.05) is 11.5 Å². The summed E-state index contributed by atoms with van der Waals surface area (Å²) in [6.07, 6.45) is 0.532. The number of halogens is 1. The Hall–Kier alpha value is -1.67. The van der Waals surface area contributed by atoms with Crippen LogP contribution in [0.25, 0.3) is 0 Å². The van der Waals surface area contributed by atoms with E-state index in [1.807, 2.05) is 0 Å². The summed E-state index contributed by atoms with van der Waals surface area (Å²) in [6.45, 7) is 0.193. The molecule has 0 aliphatic carbocycles. The molecule has 0 aromatic heterocycles. The number of sulfone groups is 1. The molecule has 1 atom stereocenters. The van der Waals surface area contributed by atoms with Crippen molar-refractivity contribution in [1.29, 1.82) is 0 Å². The molecule has 2 rings (SSSR count). The van der Waals surface area contributed by atoms with Gasteiger partial charge in [0.15, 0.2) is 15.7 Å². The minimum Gasteiger partial charge on any atom is -0.409 e. The molecule has 0 spiro atoms. The molecule has 110 valence electrons. The second kappa shape index (κ2) is 5.76. The lowest BCUT2D eigenvalue weighted by molar-refractivity contribution is 0.318. The number of rotatable bonds is 4. The highest BCUT2D eigenvalue weighted by Gasteiger charge is 2.27. The number of nitrogens with two attached hydrogens (primary N) is 1. The predicted octanol–water partition coefficient (Wildman–Crippen LogP) is 0.197. The number of nitrogens with zero attached hydrogens (tertiary/aromatic N) is 1. The van der Waals surface area contributed by atoms with Crippen LogP contribution in [-0.4, -0.2) is 37.0 Å². The van der Waals surface area contributed by atoms with Crippen LogP contribution in [0.15, 0.2) is 23.4 Å². The minimum atomic E-state index is -2.96. The molecule has 0 radical (unpaired) electrons. The maximum Gasteiger partial charge on any atom is 0.173 e. The Morgan fingerprint density at radius 3 is 2.90 bits per heavy atom. The lowest BCUT2D eigenvalue weighted by atomic mass is 10.1. The molecular formula is C12H16FN3O3S. The molecule has 1 fully saturated rings. The van der Waals surface area contributed by atoms with Crippen molar-refractivity contribution < 1.29 is 18.0 Å². The van der Waals surface area contributed by atoms with Crippen molar-refractivity contribution in [1.82, 2.24) is 5.32 Å². The van der Waals surface area contributed by atoms with Crippen LogP contribution in [0.3, 0.4) is 0 Å². The number of benzene rings is 1. The van der Waals surface area contributed by atoms with Crippen LogP contribution in [0.2, 0.25) is 0 Å². The first-order valence-corrected chi connectivity index (χ1v) is 7.94. The zero-order chi connectivity index (χ0) is 14.8. The quantitative estimate of drug-likeness (QED) is 0.319. The number of hydrogen-bond donors (Lipinski definition) is 3. The highest BCUT2D eigenvalue weighted by atomic mass is 32.2. The van der Waals surface area contributed by atoms with E-state index in [1.54, 1.807) is 12.1 Å². The van der Waals surface area contributed by atoms with Gasteiger partial charge in [0.1, 0.15) is 5.82 Å². The molecule has 8 heteroatoms. The van der Waals surface area contributed by atoms with E-state index in [-0.39, 0.29) is 35.5 Å². The topological polar surface area (TPSA) is 105 Å². The van der Waals surface area contributed by atoms with E-state index in [2.05, 4.69) is 10.5 Å². The van der Waals surface area contributed by atoms with Gasteiger partial charge in [0, 0.05) is 18.2 Å². The van der Waals surface area contributed by atoms with Crippen molar-refractivity contribution in [3.63, 3.8) is 0 Å². The van der Waals surface area contributed by atoms with Crippen LogP contribution >= 0.6 is 0 Å². The third kappa shape index (κ3) is 3.26. The van der Waals surface area contributed by atoms with Crippen molar-refractivity contribution in [3.8, 4) is 0 Å². The van der Waals surface area contributed by atoms with Crippen molar-refractivity contribution in [3.05, 3.63) is 35.1 Å². The summed E-state index contributed by atoms with van der Waals surface area (Å²) in [6, 6.07) is 4.42. The number of oxime groups is 1. The number of nitrogens with one attached hydrogen (secondary N) is 1. The molecule has 1 heterocycles. The zero-order valence-electron chi connectivity index (χ0n) is 10.7. The summed E-state index contributed by atoms with van der Waals surface area (Å²) >= 11 is 0. The Morgan fingerprint density at radius 1 is 1.55 bits per heavy atom. The summed E-state index contributed by atoms with van der Waals surface area (Å²) in [5.74, 6) is -0.629. The molecule has 1 aliphatic rings. The fourth-order valence-electron chi connectivity index (χ4n) is 2.18. The zero-order valence-corrected chi connectivity index (χ0v) is 11.5. The van der Waals surface area contributed by atoms with E-state index in [1.165, 1.54) is 6.07 Å². The second-order valence-electron chi connectivity index (χ2n) is 4.74. The van der Waals surface area contributed by atoms with E-state index in [9.17, 15) is 12.8 Å². The van der Waals surface area contributed by atoms with E-state index in [0.717, 1.165) is 0 Å². The maximum absolute atomic E-state index is 14.1. The molecule has 1 saturated heterocycles. The molecule has 20 heavy (non-hydrogen) atoms. The van der Waals surface area contributed by atoms with Crippen molar-refractivity contribution in [2.45, 2.75) is 19.0 Å². The van der Waals surface area contributed by atoms with Gasteiger partial charge >= 0.3 is 0 Å². The van der Waals surface area contributed by atoms with Gasteiger partial charge in [-0.25, -0.2) is 12.8 Å². The summed E-state index contributed by atoms with van der Waals surface area (Å²) in [5.41, 5.74) is 5.74.